The smallest absolute Gasteiger partial charge is 0.254 e. The number of aromatic nitrogens is 2. The number of benzene rings is 1. The van der Waals surface area contributed by atoms with E-state index in [1.165, 1.54) is 6.07 Å². The van der Waals surface area contributed by atoms with Crippen molar-refractivity contribution in [3.05, 3.63) is 83.0 Å². The van der Waals surface area contributed by atoms with Crippen molar-refractivity contribution >= 4 is 11.7 Å². The molecular formula is C26H38FN5O. The molecule has 0 spiro atoms. The van der Waals surface area contributed by atoms with E-state index in [9.17, 15) is 9.18 Å². The van der Waals surface area contributed by atoms with Crippen LogP contribution >= 0.6 is 0 Å². The first kappa shape index (κ1) is 27.8. The van der Waals surface area contributed by atoms with Gasteiger partial charge in [0.25, 0.3) is 5.91 Å². The standard InChI is InChI=1S/C22H26FN5O.2C2H6/c1-5-6-14(2)9-20-15(3)28(13-18-12-25-27(4)21(18)26-20)22(29)16-7-8-17(11-24)19(23)10-16;2*1-2/h5-10,12,15,26H,1,11,13,24H2,2-4H3;2*1-2H3/b14-6-,20-9+;;. The Bertz CT molecular complexity index is 1010. The lowest BCUT2D eigenvalue weighted by Gasteiger charge is -2.29. The Hall–Kier alpha value is -3.19. The number of hydrogen-bond donors (Lipinski definition) is 2. The summed E-state index contributed by atoms with van der Waals surface area (Å²) in [6.07, 6.45) is 7.33. The van der Waals surface area contributed by atoms with E-state index >= 15 is 0 Å². The van der Waals surface area contributed by atoms with Crippen molar-refractivity contribution in [1.29, 1.82) is 0 Å². The van der Waals surface area contributed by atoms with Gasteiger partial charge in [-0.2, -0.15) is 5.10 Å². The number of hydrogen-bond acceptors (Lipinski definition) is 4. The molecule has 1 aliphatic heterocycles. The maximum atomic E-state index is 14.2. The Kier molecular flexibility index (Phi) is 11.3. The molecule has 6 nitrogen and oxygen atoms in total. The van der Waals surface area contributed by atoms with E-state index in [0.717, 1.165) is 22.7 Å². The number of allylic oxidation sites excluding steroid dienone is 4. The van der Waals surface area contributed by atoms with Gasteiger partial charge in [0.15, 0.2) is 0 Å². The largest absolute Gasteiger partial charge is 0.342 e. The quantitative estimate of drug-likeness (QED) is 0.593. The first-order chi connectivity index (χ1) is 15.8. The highest BCUT2D eigenvalue weighted by Gasteiger charge is 2.30. The van der Waals surface area contributed by atoms with Gasteiger partial charge in [0.1, 0.15) is 11.6 Å². The highest BCUT2D eigenvalue weighted by Crippen LogP contribution is 2.29. The van der Waals surface area contributed by atoms with Crippen molar-refractivity contribution in [3.63, 3.8) is 0 Å². The summed E-state index contributed by atoms with van der Waals surface area (Å²) in [6, 6.07) is 4.17. The van der Waals surface area contributed by atoms with Gasteiger partial charge in [-0.3, -0.25) is 9.48 Å². The van der Waals surface area contributed by atoms with Crippen molar-refractivity contribution in [2.75, 3.05) is 5.32 Å². The Morgan fingerprint density at radius 3 is 2.58 bits per heavy atom. The summed E-state index contributed by atoms with van der Waals surface area (Å²) < 4.78 is 16.0. The van der Waals surface area contributed by atoms with Crippen LogP contribution in [-0.4, -0.2) is 26.6 Å². The van der Waals surface area contributed by atoms with Crippen LogP contribution in [0.1, 0.15) is 63.0 Å². The number of anilines is 1. The minimum absolute atomic E-state index is 0.0885. The maximum absolute atomic E-state index is 14.2. The van der Waals surface area contributed by atoms with Gasteiger partial charge in [-0.05, 0) is 37.6 Å². The molecule has 180 valence electrons. The summed E-state index contributed by atoms with van der Waals surface area (Å²) in [5.74, 6) is 0.103. The van der Waals surface area contributed by atoms with E-state index < -0.39 is 5.82 Å². The number of nitrogens with zero attached hydrogens (tertiary/aromatic N) is 3. The number of nitrogens with one attached hydrogen (secondary N) is 1. The van der Waals surface area contributed by atoms with Crippen molar-refractivity contribution in [3.8, 4) is 0 Å². The number of amides is 1. The van der Waals surface area contributed by atoms with E-state index in [-0.39, 0.29) is 24.1 Å². The molecule has 2 aromatic rings. The van der Waals surface area contributed by atoms with Gasteiger partial charge in [0, 0.05) is 36.0 Å². The molecule has 0 bridgehead atoms. The predicted molar refractivity (Wildman–Crippen MR) is 135 cm³/mol. The lowest BCUT2D eigenvalue weighted by molar-refractivity contribution is 0.0705. The molecule has 33 heavy (non-hydrogen) atoms. The molecule has 1 atom stereocenters. The van der Waals surface area contributed by atoms with Gasteiger partial charge in [-0.1, -0.05) is 52.5 Å². The molecule has 1 aromatic heterocycles. The molecule has 1 amide bonds. The van der Waals surface area contributed by atoms with E-state index in [0.29, 0.717) is 12.1 Å². The zero-order chi connectivity index (χ0) is 25.1. The molecule has 1 unspecified atom stereocenters. The van der Waals surface area contributed by atoms with Crippen molar-refractivity contribution in [2.24, 2.45) is 12.8 Å². The number of halogens is 1. The molecule has 7 heteroatoms. The van der Waals surface area contributed by atoms with Crippen LogP contribution in [0.15, 0.2) is 60.5 Å². The van der Waals surface area contributed by atoms with Crippen LogP contribution in [0.5, 0.6) is 0 Å². The number of carbonyl (C=O) groups is 1. The number of nitrogens with two attached hydrogens (primary N) is 1. The van der Waals surface area contributed by atoms with Crippen LogP contribution in [0.3, 0.4) is 0 Å². The number of rotatable bonds is 4. The van der Waals surface area contributed by atoms with Crippen molar-refractivity contribution in [2.45, 2.75) is 60.7 Å². The summed E-state index contributed by atoms with van der Waals surface area (Å²) >= 11 is 0. The fourth-order valence-corrected chi connectivity index (χ4v) is 3.38. The van der Waals surface area contributed by atoms with Crippen LogP contribution in [0.2, 0.25) is 0 Å². The zero-order valence-corrected chi connectivity index (χ0v) is 20.9. The molecule has 0 aliphatic carbocycles. The zero-order valence-electron chi connectivity index (χ0n) is 20.9. The normalized spacial score (nSPS) is 16.4. The Morgan fingerprint density at radius 1 is 1.33 bits per heavy atom. The van der Waals surface area contributed by atoms with E-state index in [4.69, 9.17) is 5.73 Å². The minimum Gasteiger partial charge on any atom is -0.342 e. The third-order valence-electron chi connectivity index (χ3n) is 5.08. The Labute approximate surface area is 197 Å². The third kappa shape index (κ3) is 6.65. The van der Waals surface area contributed by atoms with Crippen molar-refractivity contribution < 1.29 is 9.18 Å². The van der Waals surface area contributed by atoms with Crippen LogP contribution in [0.25, 0.3) is 0 Å². The predicted octanol–water partition coefficient (Wildman–Crippen LogP) is 5.54. The van der Waals surface area contributed by atoms with E-state index in [1.54, 1.807) is 34.0 Å². The monoisotopic (exact) mass is 455 g/mol. The third-order valence-corrected chi connectivity index (χ3v) is 5.08. The van der Waals surface area contributed by atoms with Gasteiger partial charge in [0.05, 0.1) is 18.8 Å². The number of aryl methyl sites for hydroxylation is 1. The van der Waals surface area contributed by atoms with Crippen LogP contribution in [0.4, 0.5) is 10.2 Å². The summed E-state index contributed by atoms with van der Waals surface area (Å²) in [5.41, 5.74) is 8.93. The SMILES string of the molecule is C=C/C=C(C)\C=C1\Nc2c(cnn2C)CN(C(=O)c2ccc(CN)c(F)c2)C1C.CC.CC. The lowest BCUT2D eigenvalue weighted by Crippen LogP contribution is -2.39. The number of fused-ring (bicyclic) bond motifs is 1. The first-order valence-corrected chi connectivity index (χ1v) is 11.4. The second kappa shape index (κ2) is 13.4. The molecule has 1 aromatic carbocycles. The van der Waals surface area contributed by atoms with Crippen molar-refractivity contribution in [1.82, 2.24) is 14.7 Å². The van der Waals surface area contributed by atoms with Gasteiger partial charge in [-0.15, -0.1) is 0 Å². The lowest BCUT2D eigenvalue weighted by atomic mass is 10.1. The van der Waals surface area contributed by atoms with Gasteiger partial charge < -0.3 is 16.0 Å². The Morgan fingerprint density at radius 2 is 2.00 bits per heavy atom. The van der Waals surface area contributed by atoms with E-state index in [2.05, 4.69) is 17.0 Å². The fourth-order valence-electron chi connectivity index (χ4n) is 3.38. The minimum atomic E-state index is -0.471. The first-order valence-electron chi connectivity index (χ1n) is 11.4. The summed E-state index contributed by atoms with van der Waals surface area (Å²) in [7, 11) is 1.85. The second-order valence-electron chi connectivity index (χ2n) is 7.13. The molecule has 0 fully saturated rings. The molecular weight excluding hydrogens is 417 g/mol. The van der Waals surface area contributed by atoms with Crippen LogP contribution in [-0.2, 0) is 20.1 Å². The molecule has 0 saturated carbocycles. The number of carbonyl (C=O) groups excluding carboxylic acids is 1. The fraction of sp³-hybridized carbons (Fsp3) is 0.385. The van der Waals surface area contributed by atoms with Gasteiger partial charge in [0.2, 0.25) is 0 Å². The van der Waals surface area contributed by atoms with Gasteiger partial charge in [-0.25, -0.2) is 4.39 Å². The summed E-state index contributed by atoms with van der Waals surface area (Å²) in [6.45, 7) is 16.1. The highest BCUT2D eigenvalue weighted by molar-refractivity contribution is 5.95. The molecule has 3 rings (SSSR count). The molecule has 2 heterocycles. The molecule has 0 saturated heterocycles. The molecule has 1 aliphatic rings. The van der Waals surface area contributed by atoms with Crippen LogP contribution < -0.4 is 11.1 Å². The second-order valence-corrected chi connectivity index (χ2v) is 7.13. The maximum Gasteiger partial charge on any atom is 0.254 e. The molecule has 0 radical (unpaired) electrons. The molecule has 3 N–H and O–H groups in total. The average molecular weight is 456 g/mol. The Balaban J connectivity index is 0.00000129. The average Bonchev–Trinajstić information content (AvgIpc) is 3.10. The summed E-state index contributed by atoms with van der Waals surface area (Å²) in [4.78, 5) is 15.0. The van der Waals surface area contributed by atoms with E-state index in [1.807, 2.05) is 60.7 Å². The topological polar surface area (TPSA) is 76.2 Å². The highest BCUT2D eigenvalue weighted by atomic mass is 19.1. The van der Waals surface area contributed by atoms with Crippen LogP contribution in [0, 0.1) is 5.82 Å². The summed E-state index contributed by atoms with van der Waals surface area (Å²) in [5, 5.41) is 7.72. The van der Waals surface area contributed by atoms with Gasteiger partial charge >= 0.3 is 0 Å².